The normalized spacial score (nSPS) is 18.9. The fraction of sp³-hybridized carbons (Fsp3) is 0.417. The largest absolute Gasteiger partial charge is 0.508 e. The molecule has 6 N–H and O–H groups in total. The molecular formula is C96H104O24. The van der Waals surface area contributed by atoms with E-state index < -0.39 is 145 Å². The van der Waals surface area contributed by atoms with Crippen molar-refractivity contribution < 1.29 is 116 Å². The van der Waals surface area contributed by atoms with Crippen LogP contribution in [0.25, 0.3) is 0 Å². The smallest absolute Gasteiger partial charge is 0.344 e. The van der Waals surface area contributed by atoms with Crippen molar-refractivity contribution in [3.8, 4) is 34.5 Å². The number of phenols is 4. The minimum atomic E-state index is -1.25. The standard InChI is InChI=1S/C96H104O24/c1-93(35-11-7-12-36-93)117-81(103)53-113-89(107)61-27-19-57(20-28-61)85-68-46-70(76(100)44-66(68)52-98)87(59-23-31-63(32-24-59)91(109)115-55-83(105)119-95(3)39-15-9-16-40-95)74-48-72(78(102)50-80(74)112-6)88(60-25-33-64(34-26-60)92(110)116-56-84(106)120-96(4)41-17-10-18-42-96)73-47-71(77(101)49-79(73)111-5)86(67-45-69(85)75(99)43-65(67)51-97)58-21-29-62(30-22-58)90(108)114-54-82(104)118-94(2)37-13-8-14-38-94/h19-34,43-50,85-88,97-102H,7-18,35-42,51-56H2,1-6H3. The Balaban J connectivity index is 1.00. The first kappa shape index (κ1) is 86.1. The maximum atomic E-state index is 14.1. The number of methoxy groups -OCH3 is 2. The lowest BCUT2D eigenvalue weighted by atomic mass is 9.74. The van der Waals surface area contributed by atoms with Crippen molar-refractivity contribution >= 4 is 47.8 Å². The number of ether oxygens (including phenoxy) is 10. The first-order valence-corrected chi connectivity index (χ1v) is 41.3. The summed E-state index contributed by atoms with van der Waals surface area (Å²) in [7, 11) is 2.75. The SMILES string of the molecule is COc1cc(O)c2cc1C(c1ccc(C(=O)OCC(=O)OC3(C)CCCCC3)cc1)c1cc(c(OC)cc1O)C(c1ccc(C(=O)OCC(=O)OC3(C)CCCCC3)cc1)c1cc(c(CO)cc1O)C(c1ccc(C(=O)OCC(=O)OC3(C)CCCCC3)cc1)c1cc(c(CO)cc1O)C2c1ccc(C(=O)OCC(=O)OC2(C)CCCCC2)cc1. The van der Waals surface area contributed by atoms with Crippen molar-refractivity contribution in [2.45, 2.75) is 215 Å². The van der Waals surface area contributed by atoms with Gasteiger partial charge in [0.15, 0.2) is 26.4 Å². The summed E-state index contributed by atoms with van der Waals surface area (Å²) < 4.78 is 58.1. The van der Waals surface area contributed by atoms with Crippen LogP contribution in [-0.4, -0.2) is 141 Å². The van der Waals surface area contributed by atoms with E-state index in [0.29, 0.717) is 73.6 Å². The summed E-state index contributed by atoms with van der Waals surface area (Å²) in [4.78, 5) is 109. The van der Waals surface area contributed by atoms with E-state index in [1.807, 2.05) is 27.7 Å². The van der Waals surface area contributed by atoms with E-state index in [2.05, 4.69) is 0 Å². The number of aliphatic hydroxyl groups excluding tert-OH is 2. The molecule has 13 rings (SSSR count). The molecule has 8 aromatic carbocycles. The lowest BCUT2D eigenvalue weighted by Crippen LogP contribution is -2.35. The molecule has 0 spiro atoms. The van der Waals surface area contributed by atoms with E-state index in [1.54, 1.807) is 72.8 Å². The average molecular weight is 1640 g/mol. The molecule has 632 valence electrons. The highest BCUT2D eigenvalue weighted by atomic mass is 16.6. The van der Waals surface area contributed by atoms with Crippen LogP contribution in [0.1, 0.15) is 299 Å². The van der Waals surface area contributed by atoms with Gasteiger partial charge in [-0.1, -0.05) is 74.2 Å². The molecule has 120 heavy (non-hydrogen) atoms. The molecule has 5 aliphatic carbocycles. The fourth-order valence-electron chi connectivity index (χ4n) is 18.1. The molecular weight excluding hydrogens is 1540 g/mol. The lowest BCUT2D eigenvalue weighted by molar-refractivity contribution is -0.165. The Bertz CT molecular complexity index is 4460. The van der Waals surface area contributed by atoms with E-state index in [1.165, 1.54) is 87.0 Å². The molecule has 0 aliphatic heterocycles. The zero-order valence-electron chi connectivity index (χ0n) is 68.6. The Morgan fingerprint density at radius 3 is 0.717 bits per heavy atom. The number of hydrogen-bond donors (Lipinski definition) is 6. The monoisotopic (exact) mass is 1640 g/mol. The highest BCUT2D eigenvalue weighted by Gasteiger charge is 2.40. The van der Waals surface area contributed by atoms with Crippen LogP contribution in [-0.2, 0) is 70.3 Å². The van der Waals surface area contributed by atoms with Crippen molar-refractivity contribution in [2.24, 2.45) is 0 Å². The molecule has 4 atom stereocenters. The first-order valence-electron chi connectivity index (χ1n) is 41.3. The molecule has 5 aliphatic rings. The Morgan fingerprint density at radius 1 is 0.292 bits per heavy atom. The highest BCUT2D eigenvalue weighted by Crippen LogP contribution is 2.54. The third kappa shape index (κ3) is 19.7. The second-order valence-corrected chi connectivity index (χ2v) is 33.3. The molecule has 0 aromatic heterocycles. The van der Waals surface area contributed by atoms with Gasteiger partial charge in [0.1, 0.15) is 56.9 Å². The topological polar surface area (TPSA) is 350 Å². The molecule has 24 nitrogen and oxygen atoms in total. The number of benzene rings is 8. The second-order valence-electron chi connectivity index (χ2n) is 33.3. The number of fused-ring (bicyclic) bond motifs is 8. The van der Waals surface area contributed by atoms with Crippen molar-refractivity contribution in [1.82, 2.24) is 0 Å². The van der Waals surface area contributed by atoms with Crippen LogP contribution in [0.15, 0.2) is 146 Å². The third-order valence-corrected chi connectivity index (χ3v) is 24.5. The summed E-state index contributed by atoms with van der Waals surface area (Å²) >= 11 is 0. The highest BCUT2D eigenvalue weighted by molar-refractivity contribution is 5.93. The summed E-state index contributed by atoms with van der Waals surface area (Å²) in [6.07, 6.45) is 16.4. The number of aliphatic hydroxyl groups is 2. The maximum absolute atomic E-state index is 14.1. The molecule has 4 saturated carbocycles. The molecule has 0 saturated heterocycles. The molecule has 8 aromatic rings. The zero-order valence-corrected chi connectivity index (χ0v) is 68.6. The first-order chi connectivity index (χ1) is 57.6. The lowest BCUT2D eigenvalue weighted by Gasteiger charge is -2.33. The van der Waals surface area contributed by atoms with Gasteiger partial charge in [0.2, 0.25) is 0 Å². The predicted molar refractivity (Wildman–Crippen MR) is 438 cm³/mol. The quantitative estimate of drug-likeness (QED) is 0.0242. The molecule has 4 fully saturated rings. The van der Waals surface area contributed by atoms with E-state index in [4.69, 9.17) is 47.4 Å². The summed E-state index contributed by atoms with van der Waals surface area (Å²) in [6, 6.07) is 36.5. The van der Waals surface area contributed by atoms with E-state index in [-0.39, 0.29) is 101 Å². The predicted octanol–water partition coefficient (Wildman–Crippen LogP) is 16.2. The number of carbonyl (C=O) groups is 8. The van der Waals surface area contributed by atoms with Crippen molar-refractivity contribution in [1.29, 1.82) is 0 Å². The van der Waals surface area contributed by atoms with Crippen molar-refractivity contribution in [2.75, 3.05) is 40.6 Å². The van der Waals surface area contributed by atoms with Crippen LogP contribution in [0.5, 0.6) is 34.5 Å². The second kappa shape index (κ2) is 37.3. The van der Waals surface area contributed by atoms with Crippen LogP contribution < -0.4 is 9.47 Å². The van der Waals surface area contributed by atoms with Gasteiger partial charge in [-0.15, -0.1) is 0 Å². The molecule has 8 bridgehead atoms. The molecule has 4 unspecified atom stereocenters. The van der Waals surface area contributed by atoms with Gasteiger partial charge < -0.3 is 78.0 Å². The van der Waals surface area contributed by atoms with E-state index >= 15 is 0 Å². The van der Waals surface area contributed by atoms with Gasteiger partial charge in [-0.2, -0.15) is 0 Å². The maximum Gasteiger partial charge on any atom is 0.344 e. The number of esters is 8. The number of rotatable bonds is 24. The Hall–Kier alpha value is -11.8. The van der Waals surface area contributed by atoms with E-state index in [9.17, 15) is 69.0 Å². The Labute approximate surface area is 697 Å². The Morgan fingerprint density at radius 2 is 0.500 bits per heavy atom. The molecule has 0 amide bonds. The zero-order chi connectivity index (χ0) is 85.2. The van der Waals surface area contributed by atoms with Crippen LogP contribution >= 0.6 is 0 Å². The van der Waals surface area contributed by atoms with Crippen LogP contribution in [0, 0.1) is 0 Å². The van der Waals surface area contributed by atoms with Gasteiger partial charge in [0, 0.05) is 69.2 Å². The summed E-state index contributed by atoms with van der Waals surface area (Å²) in [5, 5.41) is 75.6. The Kier molecular flexibility index (Phi) is 26.7. The summed E-state index contributed by atoms with van der Waals surface area (Å²) in [5.41, 5.74) is 0.326. The van der Waals surface area contributed by atoms with Gasteiger partial charge in [0.05, 0.1) is 49.7 Å². The van der Waals surface area contributed by atoms with Gasteiger partial charge in [-0.25, -0.2) is 38.4 Å². The van der Waals surface area contributed by atoms with E-state index in [0.717, 1.165) is 77.0 Å². The van der Waals surface area contributed by atoms with Crippen LogP contribution in [0.4, 0.5) is 0 Å². The van der Waals surface area contributed by atoms with Gasteiger partial charge in [-0.05, 0) is 260 Å². The fourth-order valence-corrected chi connectivity index (χ4v) is 18.1. The number of carbonyl (C=O) groups excluding carboxylic acids is 8. The minimum Gasteiger partial charge on any atom is -0.508 e. The summed E-state index contributed by atoms with van der Waals surface area (Å²) in [5.74, 6) is -12.7. The molecule has 0 heterocycles. The summed E-state index contributed by atoms with van der Waals surface area (Å²) in [6.45, 7) is 3.26. The number of hydrogen-bond acceptors (Lipinski definition) is 24. The molecule has 0 radical (unpaired) electrons. The van der Waals surface area contributed by atoms with Gasteiger partial charge in [-0.3, -0.25) is 0 Å². The van der Waals surface area contributed by atoms with Crippen molar-refractivity contribution in [3.05, 3.63) is 246 Å². The van der Waals surface area contributed by atoms with Crippen LogP contribution in [0.3, 0.4) is 0 Å². The van der Waals surface area contributed by atoms with Crippen LogP contribution in [0.2, 0.25) is 0 Å². The molecule has 24 heteroatoms. The number of phenolic OH excluding ortho intramolecular Hbond substituents is 4. The van der Waals surface area contributed by atoms with Gasteiger partial charge >= 0.3 is 47.8 Å². The minimum absolute atomic E-state index is 0.0102. The number of aromatic hydroxyl groups is 4. The average Bonchev–Trinajstić information content (AvgIpc) is 0.736. The van der Waals surface area contributed by atoms with Crippen molar-refractivity contribution in [3.63, 3.8) is 0 Å². The van der Waals surface area contributed by atoms with Gasteiger partial charge in [0.25, 0.3) is 0 Å². The third-order valence-electron chi connectivity index (χ3n) is 24.5.